The van der Waals surface area contributed by atoms with E-state index in [9.17, 15) is 27.6 Å². The number of benzene rings is 1. The van der Waals surface area contributed by atoms with E-state index in [0.29, 0.717) is 55.7 Å². The summed E-state index contributed by atoms with van der Waals surface area (Å²) in [5.74, 6) is -1.84. The number of sulfonamides is 1. The van der Waals surface area contributed by atoms with Gasteiger partial charge < -0.3 is 23.8 Å². The van der Waals surface area contributed by atoms with E-state index < -0.39 is 55.7 Å². The van der Waals surface area contributed by atoms with Crippen molar-refractivity contribution in [3.05, 3.63) is 36.4 Å². The molecule has 1 aromatic heterocycles. The number of aromatic nitrogens is 1. The SMILES string of the molecule is CCOc1cc2cc(OC)ccc2c(O[C@@H]2C[C@H]3C(=O)C[C@]4(C(=O)NS(=O)(=O)C5(C)CC5)C[C@H]4/C=C\CC[C@@H](C)C[C@@H](C)[C@H](CC(=O)OC(C)(C)C)C(=O)N3C2)n1. The standard InChI is InChI=1S/C43H59N3O10S/c1-9-54-36-20-28-19-30(53-8)14-15-32(28)38(44-36)55-31-21-34-35(47)24-43(40(50)45-57(51,52)42(7)16-17-42)23-29(43)13-11-10-12-26(2)18-27(3)33(39(49)46(34)25-31)22-37(48)56-41(4,5)6/h11,13-15,19-20,26-27,29,31,33-34H,9-10,12,16-18,21-25H2,1-8H3,(H,45,50)/b13-11-/t26-,27-,29-,31-,33+,34+,43-/m1/s1. The van der Waals surface area contributed by atoms with Crippen LogP contribution in [-0.4, -0.2) is 84.6 Å². The smallest absolute Gasteiger partial charge is 0.307 e. The number of fused-ring (bicyclic) bond motifs is 3. The third kappa shape index (κ3) is 9.42. The Balaban J connectivity index is 1.37. The van der Waals surface area contributed by atoms with Crippen LogP contribution in [0.1, 0.15) is 106 Å². The van der Waals surface area contributed by atoms with Gasteiger partial charge in [0, 0.05) is 24.3 Å². The summed E-state index contributed by atoms with van der Waals surface area (Å²) in [6, 6.07) is 6.25. The average molecular weight is 810 g/mol. The highest BCUT2D eigenvalue weighted by molar-refractivity contribution is 7.91. The van der Waals surface area contributed by atoms with Crippen molar-refractivity contribution in [1.29, 1.82) is 0 Å². The van der Waals surface area contributed by atoms with Crippen LogP contribution in [0.25, 0.3) is 10.8 Å². The molecule has 2 aliphatic heterocycles. The minimum atomic E-state index is -3.96. The number of esters is 1. The fraction of sp³-hybridized carbons (Fsp3) is 0.651. The Morgan fingerprint density at radius 3 is 2.49 bits per heavy atom. The molecule has 2 aliphatic carbocycles. The third-order valence-corrected chi connectivity index (χ3v) is 14.3. The predicted molar refractivity (Wildman–Crippen MR) is 214 cm³/mol. The molecule has 2 aromatic rings. The molecule has 0 spiro atoms. The largest absolute Gasteiger partial charge is 0.497 e. The van der Waals surface area contributed by atoms with Gasteiger partial charge in [0.2, 0.25) is 33.6 Å². The molecule has 1 saturated heterocycles. The number of ketones is 1. The summed E-state index contributed by atoms with van der Waals surface area (Å²) < 4.78 is 51.4. The Bertz CT molecular complexity index is 2020. The molecule has 3 heterocycles. The zero-order chi connectivity index (χ0) is 41.5. The first-order valence-corrected chi connectivity index (χ1v) is 21.8. The summed E-state index contributed by atoms with van der Waals surface area (Å²) in [4.78, 5) is 63.3. The number of ether oxygens (including phenoxy) is 4. The second kappa shape index (κ2) is 16.2. The highest BCUT2D eigenvalue weighted by Gasteiger charge is 2.62. The van der Waals surface area contributed by atoms with Gasteiger partial charge in [-0.05, 0) is 114 Å². The lowest BCUT2D eigenvalue weighted by molar-refractivity contribution is -0.160. The normalized spacial score (nSPS) is 29.6. The van der Waals surface area contributed by atoms with Gasteiger partial charge in [0.25, 0.3) is 0 Å². The first-order chi connectivity index (χ1) is 26.8. The average Bonchev–Trinajstić information content (AvgIpc) is 4.01. The quantitative estimate of drug-likeness (QED) is 0.211. The molecular weight excluding hydrogens is 751 g/mol. The number of Topliss-reactive ketones (excluding diaryl/α,β-unsaturated/α-hetero) is 1. The van der Waals surface area contributed by atoms with E-state index in [0.717, 1.165) is 11.8 Å². The van der Waals surface area contributed by atoms with E-state index in [-0.39, 0.29) is 61.1 Å². The van der Waals surface area contributed by atoms with E-state index in [2.05, 4.69) is 16.6 Å². The van der Waals surface area contributed by atoms with Crippen molar-refractivity contribution in [3.8, 4) is 17.5 Å². The number of nitrogens with one attached hydrogen (secondary N) is 1. The molecular formula is C43H59N3O10S. The second-order valence-electron chi connectivity index (χ2n) is 18.0. The van der Waals surface area contributed by atoms with Crippen LogP contribution in [0.5, 0.6) is 17.5 Å². The van der Waals surface area contributed by atoms with Crippen molar-refractivity contribution in [2.24, 2.45) is 29.1 Å². The monoisotopic (exact) mass is 809 g/mol. The van der Waals surface area contributed by atoms with Gasteiger partial charge >= 0.3 is 5.97 Å². The Kier molecular flexibility index (Phi) is 12.1. The van der Waals surface area contributed by atoms with Gasteiger partial charge in [0.05, 0.1) is 48.8 Å². The molecule has 1 N–H and O–H groups in total. The molecule has 7 atom stereocenters. The molecule has 0 bridgehead atoms. The van der Waals surface area contributed by atoms with Crippen molar-refractivity contribution in [3.63, 3.8) is 0 Å². The maximum atomic E-state index is 14.9. The van der Waals surface area contributed by atoms with Crippen LogP contribution >= 0.6 is 0 Å². The predicted octanol–water partition coefficient (Wildman–Crippen LogP) is 6.31. The summed E-state index contributed by atoms with van der Waals surface area (Å²) in [6.07, 6.45) is 6.35. The first-order valence-electron chi connectivity index (χ1n) is 20.3. The number of hydrogen-bond donors (Lipinski definition) is 1. The molecule has 6 rings (SSSR count). The van der Waals surface area contributed by atoms with E-state index in [4.69, 9.17) is 18.9 Å². The number of nitrogens with zero attached hydrogens (tertiary/aromatic N) is 2. The summed E-state index contributed by atoms with van der Waals surface area (Å²) in [7, 11) is -2.39. The molecule has 4 aliphatic rings. The van der Waals surface area contributed by atoms with Crippen LogP contribution in [0.15, 0.2) is 36.4 Å². The van der Waals surface area contributed by atoms with Crippen molar-refractivity contribution >= 4 is 44.4 Å². The van der Waals surface area contributed by atoms with Gasteiger partial charge in [-0.15, -0.1) is 0 Å². The number of carbonyl (C=O) groups excluding carboxylic acids is 4. The zero-order valence-electron chi connectivity index (χ0n) is 34.6. The maximum Gasteiger partial charge on any atom is 0.307 e. The molecule has 3 fully saturated rings. The van der Waals surface area contributed by atoms with Crippen LogP contribution in [0.4, 0.5) is 0 Å². The number of methoxy groups -OCH3 is 1. The highest BCUT2D eigenvalue weighted by Crippen LogP contribution is 2.58. The first kappa shape index (κ1) is 42.4. The zero-order valence-corrected chi connectivity index (χ0v) is 35.4. The van der Waals surface area contributed by atoms with Crippen LogP contribution in [0.3, 0.4) is 0 Å². The molecule has 312 valence electrons. The van der Waals surface area contributed by atoms with Gasteiger partial charge in [0.1, 0.15) is 17.5 Å². The Morgan fingerprint density at radius 1 is 1.09 bits per heavy atom. The lowest BCUT2D eigenvalue weighted by atomic mass is 9.82. The van der Waals surface area contributed by atoms with E-state index in [1.165, 1.54) is 4.90 Å². The van der Waals surface area contributed by atoms with Crippen LogP contribution < -0.4 is 18.9 Å². The molecule has 0 unspecified atom stereocenters. The molecule has 0 radical (unpaired) electrons. The topological polar surface area (TPSA) is 168 Å². The molecule has 2 saturated carbocycles. The molecule has 13 nitrogen and oxygen atoms in total. The van der Waals surface area contributed by atoms with Gasteiger partial charge in [-0.2, -0.15) is 4.98 Å². The number of carbonyl (C=O) groups is 4. The Labute approximate surface area is 336 Å². The van der Waals surface area contributed by atoms with Gasteiger partial charge in [-0.25, -0.2) is 8.42 Å². The third-order valence-electron chi connectivity index (χ3n) is 12.2. The fourth-order valence-corrected chi connectivity index (χ4v) is 9.76. The Morgan fingerprint density at radius 2 is 1.82 bits per heavy atom. The lowest BCUT2D eigenvalue weighted by Crippen LogP contribution is -2.48. The van der Waals surface area contributed by atoms with Crippen LogP contribution in [-0.2, 0) is 33.9 Å². The highest BCUT2D eigenvalue weighted by atomic mass is 32.2. The minimum absolute atomic E-state index is 0.0236. The summed E-state index contributed by atoms with van der Waals surface area (Å²) >= 11 is 0. The maximum absolute atomic E-state index is 14.9. The van der Waals surface area contributed by atoms with E-state index >= 15 is 0 Å². The number of hydrogen-bond acceptors (Lipinski definition) is 11. The molecule has 14 heteroatoms. The fourth-order valence-electron chi connectivity index (χ4n) is 8.43. The van der Waals surface area contributed by atoms with Crippen molar-refractivity contribution in [2.75, 3.05) is 20.3 Å². The van der Waals surface area contributed by atoms with Crippen molar-refractivity contribution in [2.45, 2.75) is 129 Å². The van der Waals surface area contributed by atoms with Crippen LogP contribution in [0, 0.1) is 29.1 Å². The van der Waals surface area contributed by atoms with E-state index in [1.807, 2.05) is 38.1 Å². The molecule has 1 aromatic carbocycles. The second-order valence-corrected chi connectivity index (χ2v) is 20.2. The van der Waals surface area contributed by atoms with Gasteiger partial charge in [-0.3, -0.25) is 23.9 Å². The summed E-state index contributed by atoms with van der Waals surface area (Å²) in [6.45, 7) is 13.3. The number of rotatable bonds is 10. The number of amides is 2. The lowest BCUT2D eigenvalue weighted by Gasteiger charge is -2.32. The van der Waals surface area contributed by atoms with E-state index in [1.54, 1.807) is 46.9 Å². The van der Waals surface area contributed by atoms with Crippen molar-refractivity contribution in [1.82, 2.24) is 14.6 Å². The van der Waals surface area contributed by atoms with Crippen LogP contribution in [0.2, 0.25) is 0 Å². The van der Waals surface area contributed by atoms with Gasteiger partial charge in [0.15, 0.2) is 5.78 Å². The molecule has 2 amide bonds. The molecule has 57 heavy (non-hydrogen) atoms. The Hall–Kier alpha value is -4.20. The summed E-state index contributed by atoms with van der Waals surface area (Å²) in [5.41, 5.74) is -2.04. The van der Waals surface area contributed by atoms with Gasteiger partial charge in [-0.1, -0.05) is 26.0 Å². The summed E-state index contributed by atoms with van der Waals surface area (Å²) in [5, 5.41) is 1.44. The minimum Gasteiger partial charge on any atom is -0.497 e. The number of pyridine rings is 1. The van der Waals surface area contributed by atoms with Crippen molar-refractivity contribution < 1.29 is 46.5 Å². The number of allylic oxidation sites excluding steroid dienone is 2.